The summed E-state index contributed by atoms with van der Waals surface area (Å²) in [6.07, 6.45) is 8.53. The van der Waals surface area contributed by atoms with Crippen LogP contribution in [-0.4, -0.2) is 11.9 Å². The molecule has 122 valence electrons. The van der Waals surface area contributed by atoms with Gasteiger partial charge in [0.05, 0.1) is 6.10 Å². The van der Waals surface area contributed by atoms with Gasteiger partial charge in [-0.15, -0.1) is 0 Å². The molecule has 0 aliphatic heterocycles. The molecule has 0 radical (unpaired) electrons. The second-order valence-corrected chi connectivity index (χ2v) is 6.67. The van der Waals surface area contributed by atoms with Gasteiger partial charge in [-0.1, -0.05) is 50.5 Å². The van der Waals surface area contributed by atoms with Crippen molar-refractivity contribution in [2.75, 3.05) is 0 Å². The Bertz CT molecular complexity index is 471. The van der Waals surface area contributed by atoms with Crippen LogP contribution in [0.2, 0.25) is 0 Å². The van der Waals surface area contributed by atoms with Crippen LogP contribution in [0.15, 0.2) is 30.8 Å². The zero-order chi connectivity index (χ0) is 16.0. The summed E-state index contributed by atoms with van der Waals surface area (Å²) in [5, 5.41) is 0. The second-order valence-electron chi connectivity index (χ2n) is 6.67. The lowest BCUT2D eigenvalue weighted by Gasteiger charge is -2.36. The van der Waals surface area contributed by atoms with E-state index in [0.717, 1.165) is 42.6 Å². The number of allylic oxidation sites excluding steroid dienone is 1. The van der Waals surface area contributed by atoms with Gasteiger partial charge in [0.25, 0.3) is 0 Å². The standard InChI is InChI=1S/C20H30O2/c1-5-15-20(4,21-18-9-7-6-8-10-18)22-19-13-11-17(12-14-19)16(2)3/h11-14,18H,2,5-10,15H2,1,3-4H3. The molecular formula is C20H30O2. The molecule has 1 aliphatic carbocycles. The number of ether oxygens (including phenoxy) is 2. The highest BCUT2D eigenvalue weighted by Gasteiger charge is 2.31. The van der Waals surface area contributed by atoms with E-state index in [2.05, 4.69) is 32.6 Å². The summed E-state index contributed by atoms with van der Waals surface area (Å²) in [5.74, 6) is 0.346. The summed E-state index contributed by atoms with van der Waals surface area (Å²) in [4.78, 5) is 0. The minimum atomic E-state index is -0.526. The van der Waals surface area contributed by atoms with Gasteiger partial charge in [0, 0.05) is 13.3 Å². The van der Waals surface area contributed by atoms with Crippen molar-refractivity contribution < 1.29 is 9.47 Å². The first kappa shape index (κ1) is 17.1. The Labute approximate surface area is 135 Å². The summed E-state index contributed by atoms with van der Waals surface area (Å²) in [5.41, 5.74) is 2.22. The fourth-order valence-corrected chi connectivity index (χ4v) is 3.18. The highest BCUT2D eigenvalue weighted by molar-refractivity contribution is 5.61. The molecule has 2 nitrogen and oxygen atoms in total. The van der Waals surface area contributed by atoms with E-state index in [1.807, 2.05) is 19.1 Å². The van der Waals surface area contributed by atoms with Crippen LogP contribution in [0.3, 0.4) is 0 Å². The third kappa shape index (κ3) is 4.88. The van der Waals surface area contributed by atoms with Crippen LogP contribution in [0.4, 0.5) is 0 Å². The minimum absolute atomic E-state index is 0.347. The minimum Gasteiger partial charge on any atom is -0.463 e. The normalized spacial score (nSPS) is 18.7. The molecule has 1 fully saturated rings. The summed E-state index contributed by atoms with van der Waals surface area (Å²) in [7, 11) is 0. The topological polar surface area (TPSA) is 18.5 Å². The number of hydrogen-bond donors (Lipinski definition) is 0. The first-order valence-corrected chi connectivity index (χ1v) is 8.65. The van der Waals surface area contributed by atoms with Gasteiger partial charge in [-0.05, 0) is 43.9 Å². The summed E-state index contributed by atoms with van der Waals surface area (Å²) < 4.78 is 12.6. The van der Waals surface area contributed by atoms with Crippen molar-refractivity contribution >= 4 is 5.57 Å². The zero-order valence-corrected chi connectivity index (χ0v) is 14.4. The van der Waals surface area contributed by atoms with E-state index < -0.39 is 5.79 Å². The highest BCUT2D eigenvalue weighted by Crippen LogP contribution is 2.30. The molecule has 1 atom stereocenters. The van der Waals surface area contributed by atoms with Crippen molar-refractivity contribution in [1.82, 2.24) is 0 Å². The molecule has 1 saturated carbocycles. The maximum Gasteiger partial charge on any atom is 0.207 e. The van der Waals surface area contributed by atoms with E-state index in [-0.39, 0.29) is 0 Å². The molecular weight excluding hydrogens is 272 g/mol. The van der Waals surface area contributed by atoms with Gasteiger partial charge in [0.1, 0.15) is 5.75 Å². The fourth-order valence-electron chi connectivity index (χ4n) is 3.18. The number of hydrogen-bond acceptors (Lipinski definition) is 2. The van der Waals surface area contributed by atoms with Crippen molar-refractivity contribution in [3.63, 3.8) is 0 Å². The van der Waals surface area contributed by atoms with E-state index in [0.29, 0.717) is 6.10 Å². The van der Waals surface area contributed by atoms with Gasteiger partial charge < -0.3 is 9.47 Å². The maximum atomic E-state index is 6.36. The molecule has 22 heavy (non-hydrogen) atoms. The van der Waals surface area contributed by atoms with Crippen molar-refractivity contribution in [2.24, 2.45) is 0 Å². The Hall–Kier alpha value is -1.28. The molecule has 1 aromatic rings. The van der Waals surface area contributed by atoms with Gasteiger partial charge >= 0.3 is 0 Å². The zero-order valence-electron chi connectivity index (χ0n) is 14.4. The average Bonchev–Trinajstić information content (AvgIpc) is 2.48. The SMILES string of the molecule is C=C(C)c1ccc(OC(C)(CCC)OC2CCCCC2)cc1. The van der Waals surface area contributed by atoms with Crippen molar-refractivity contribution in [3.8, 4) is 5.75 Å². The highest BCUT2D eigenvalue weighted by atomic mass is 16.7. The summed E-state index contributed by atoms with van der Waals surface area (Å²) in [6, 6.07) is 8.15. The van der Waals surface area contributed by atoms with Gasteiger partial charge in [-0.25, -0.2) is 0 Å². The monoisotopic (exact) mass is 302 g/mol. The molecule has 0 heterocycles. The predicted octanol–water partition coefficient (Wildman–Crippen LogP) is 5.96. The molecule has 2 heteroatoms. The molecule has 2 rings (SSSR count). The van der Waals surface area contributed by atoms with Crippen LogP contribution in [0.25, 0.3) is 5.57 Å². The van der Waals surface area contributed by atoms with Crippen LogP contribution >= 0.6 is 0 Å². The van der Waals surface area contributed by atoms with Crippen molar-refractivity contribution in [2.45, 2.75) is 77.6 Å². The lowest BCUT2D eigenvalue weighted by molar-refractivity contribution is -0.209. The molecule has 0 amide bonds. The van der Waals surface area contributed by atoms with Gasteiger partial charge in [-0.3, -0.25) is 0 Å². The summed E-state index contributed by atoms with van der Waals surface area (Å²) in [6.45, 7) is 10.2. The first-order chi connectivity index (χ1) is 10.5. The van der Waals surface area contributed by atoms with Gasteiger partial charge in [-0.2, -0.15) is 0 Å². The Kier molecular flexibility index (Phi) is 6.07. The van der Waals surface area contributed by atoms with E-state index >= 15 is 0 Å². The van der Waals surface area contributed by atoms with E-state index in [4.69, 9.17) is 9.47 Å². The molecule has 1 unspecified atom stereocenters. The number of benzene rings is 1. The van der Waals surface area contributed by atoms with Crippen LogP contribution in [0, 0.1) is 0 Å². The van der Waals surface area contributed by atoms with Crippen LogP contribution < -0.4 is 4.74 Å². The quantitative estimate of drug-likeness (QED) is 0.578. The van der Waals surface area contributed by atoms with Crippen molar-refractivity contribution in [1.29, 1.82) is 0 Å². The number of rotatable bonds is 7. The Balaban J connectivity index is 2.04. The van der Waals surface area contributed by atoms with Crippen LogP contribution in [0.5, 0.6) is 5.75 Å². The lowest BCUT2D eigenvalue weighted by Crippen LogP contribution is -2.40. The molecule has 0 bridgehead atoms. The lowest BCUT2D eigenvalue weighted by atomic mass is 9.97. The van der Waals surface area contributed by atoms with Gasteiger partial charge in [0.2, 0.25) is 5.79 Å². The van der Waals surface area contributed by atoms with Crippen LogP contribution in [0.1, 0.15) is 71.3 Å². The third-order valence-corrected chi connectivity index (χ3v) is 4.35. The van der Waals surface area contributed by atoms with E-state index in [1.54, 1.807) is 0 Å². The molecule has 0 aromatic heterocycles. The van der Waals surface area contributed by atoms with Crippen molar-refractivity contribution in [3.05, 3.63) is 36.4 Å². The second kappa shape index (κ2) is 7.82. The maximum absolute atomic E-state index is 6.36. The Morgan fingerprint density at radius 1 is 1.18 bits per heavy atom. The molecule has 0 spiro atoms. The van der Waals surface area contributed by atoms with Crippen LogP contribution in [-0.2, 0) is 4.74 Å². The molecule has 0 N–H and O–H groups in total. The molecule has 1 aromatic carbocycles. The average molecular weight is 302 g/mol. The van der Waals surface area contributed by atoms with E-state index in [1.165, 1.54) is 19.3 Å². The molecule has 0 saturated heterocycles. The third-order valence-electron chi connectivity index (χ3n) is 4.35. The fraction of sp³-hybridized carbons (Fsp3) is 0.600. The Morgan fingerprint density at radius 3 is 2.36 bits per heavy atom. The van der Waals surface area contributed by atoms with Gasteiger partial charge in [0.15, 0.2) is 0 Å². The van der Waals surface area contributed by atoms with E-state index in [9.17, 15) is 0 Å². The largest absolute Gasteiger partial charge is 0.463 e. The Morgan fingerprint density at radius 2 is 1.82 bits per heavy atom. The summed E-state index contributed by atoms with van der Waals surface area (Å²) >= 11 is 0. The first-order valence-electron chi connectivity index (χ1n) is 8.65. The predicted molar refractivity (Wildman–Crippen MR) is 93.0 cm³/mol. The smallest absolute Gasteiger partial charge is 0.207 e. The molecule has 1 aliphatic rings.